The quantitative estimate of drug-likeness (QED) is 0.687. The van der Waals surface area contributed by atoms with Crippen LogP contribution >= 0.6 is 11.6 Å². The highest BCUT2D eigenvalue weighted by Gasteiger charge is 2.14. The second kappa shape index (κ2) is 6.20. The predicted molar refractivity (Wildman–Crippen MR) is 76.5 cm³/mol. The molecule has 0 radical (unpaired) electrons. The van der Waals surface area contributed by atoms with E-state index in [-0.39, 0.29) is 16.3 Å². The summed E-state index contributed by atoms with van der Waals surface area (Å²) in [7, 11) is 0. The molecule has 0 fully saturated rings. The van der Waals surface area contributed by atoms with E-state index >= 15 is 0 Å². The highest BCUT2D eigenvalue weighted by atomic mass is 35.5. The maximum atomic E-state index is 13.0. The molecular formula is C14H9ClFN3O2. The molecular weight excluding hydrogens is 297 g/mol. The number of benzene rings is 2. The molecule has 0 saturated carbocycles. The van der Waals surface area contributed by atoms with Gasteiger partial charge < -0.3 is 5.32 Å². The third kappa shape index (κ3) is 3.46. The van der Waals surface area contributed by atoms with Crippen LogP contribution in [0.4, 0.5) is 15.8 Å². The third-order valence-corrected chi connectivity index (χ3v) is 3.09. The Balaban J connectivity index is 2.17. The van der Waals surface area contributed by atoms with Gasteiger partial charge in [-0.2, -0.15) is 5.26 Å². The summed E-state index contributed by atoms with van der Waals surface area (Å²) in [5.74, 6) is -0.505. The number of nitrogens with zero attached hydrogens (tertiary/aromatic N) is 2. The number of nitro benzene ring substituents is 1. The molecule has 0 unspecified atom stereocenters. The van der Waals surface area contributed by atoms with Gasteiger partial charge in [0.1, 0.15) is 17.4 Å². The number of hydrogen-bond donors (Lipinski definition) is 1. The fourth-order valence-corrected chi connectivity index (χ4v) is 1.94. The van der Waals surface area contributed by atoms with Crippen molar-refractivity contribution in [3.63, 3.8) is 0 Å². The first-order chi connectivity index (χ1) is 10.0. The van der Waals surface area contributed by atoms with Gasteiger partial charge in [0.25, 0.3) is 5.69 Å². The fraction of sp³-hybridized carbons (Fsp3) is 0.0714. The molecule has 0 aliphatic carbocycles. The van der Waals surface area contributed by atoms with Crippen LogP contribution in [0.15, 0.2) is 36.4 Å². The largest absolute Gasteiger partial charge is 0.381 e. The van der Waals surface area contributed by atoms with Gasteiger partial charge in [-0.25, -0.2) is 4.39 Å². The maximum absolute atomic E-state index is 13.0. The molecule has 2 aromatic rings. The van der Waals surface area contributed by atoms with Crippen molar-refractivity contribution in [2.45, 2.75) is 6.54 Å². The van der Waals surface area contributed by atoms with Crippen molar-refractivity contribution in [1.29, 1.82) is 5.26 Å². The molecule has 21 heavy (non-hydrogen) atoms. The average molecular weight is 306 g/mol. The van der Waals surface area contributed by atoms with Gasteiger partial charge in [-0.3, -0.25) is 10.1 Å². The zero-order valence-corrected chi connectivity index (χ0v) is 11.4. The molecule has 0 spiro atoms. The Labute approximate surface area is 124 Å². The molecule has 2 rings (SSSR count). The normalized spacial score (nSPS) is 9.95. The Kier molecular flexibility index (Phi) is 4.36. The summed E-state index contributed by atoms with van der Waals surface area (Å²) < 4.78 is 13.0. The van der Waals surface area contributed by atoms with E-state index in [4.69, 9.17) is 16.9 Å². The Bertz CT molecular complexity index is 743. The number of rotatable bonds is 4. The van der Waals surface area contributed by atoms with Crippen LogP contribution in [0.1, 0.15) is 11.1 Å². The summed E-state index contributed by atoms with van der Waals surface area (Å²) >= 11 is 5.67. The average Bonchev–Trinajstić information content (AvgIpc) is 2.48. The van der Waals surface area contributed by atoms with Crippen LogP contribution in [0.2, 0.25) is 5.02 Å². The Morgan fingerprint density at radius 2 is 2.10 bits per heavy atom. The van der Waals surface area contributed by atoms with Gasteiger partial charge in [-0.05, 0) is 29.8 Å². The number of nitriles is 1. The van der Waals surface area contributed by atoms with Gasteiger partial charge in [0.15, 0.2) is 0 Å². The number of nitro groups is 1. The van der Waals surface area contributed by atoms with Crippen molar-refractivity contribution in [2.75, 3.05) is 5.32 Å². The Morgan fingerprint density at radius 1 is 1.33 bits per heavy atom. The van der Waals surface area contributed by atoms with E-state index < -0.39 is 10.7 Å². The van der Waals surface area contributed by atoms with Gasteiger partial charge in [-0.1, -0.05) is 17.7 Å². The summed E-state index contributed by atoms with van der Waals surface area (Å²) in [5, 5.41) is 22.6. The summed E-state index contributed by atoms with van der Waals surface area (Å²) in [5.41, 5.74) is 0.949. The SMILES string of the molecule is N#Cc1ccc(NCc2ccc(F)c(Cl)c2)cc1[N+](=O)[O-]. The number of hydrogen-bond acceptors (Lipinski definition) is 4. The van der Waals surface area contributed by atoms with Crippen LogP contribution in [0, 0.1) is 27.3 Å². The molecule has 0 aliphatic rings. The van der Waals surface area contributed by atoms with Crippen LogP contribution in [0.25, 0.3) is 0 Å². The minimum atomic E-state index is -0.613. The molecule has 0 atom stereocenters. The van der Waals surface area contributed by atoms with E-state index in [9.17, 15) is 14.5 Å². The third-order valence-electron chi connectivity index (χ3n) is 2.80. The van der Waals surface area contributed by atoms with Crippen molar-refractivity contribution >= 4 is 23.0 Å². The lowest BCUT2D eigenvalue weighted by atomic mass is 10.1. The molecule has 0 aromatic heterocycles. The zero-order valence-electron chi connectivity index (χ0n) is 10.6. The first kappa shape index (κ1) is 14.8. The van der Waals surface area contributed by atoms with Gasteiger partial charge in [0, 0.05) is 18.3 Å². The minimum absolute atomic E-state index is 0.00428. The van der Waals surface area contributed by atoms with Crippen LogP contribution in [0.3, 0.4) is 0 Å². The van der Waals surface area contributed by atoms with E-state index in [0.717, 1.165) is 5.56 Å². The minimum Gasteiger partial charge on any atom is -0.381 e. The summed E-state index contributed by atoms with van der Waals surface area (Å²) in [4.78, 5) is 10.2. The van der Waals surface area contributed by atoms with Gasteiger partial charge in [0.2, 0.25) is 0 Å². The standard InChI is InChI=1S/C14H9ClFN3O2/c15-12-5-9(1-4-13(12)16)8-18-11-3-2-10(7-17)14(6-11)19(20)21/h1-6,18H,8H2. The van der Waals surface area contributed by atoms with Crippen molar-refractivity contribution in [1.82, 2.24) is 0 Å². The molecule has 7 heteroatoms. The molecule has 0 amide bonds. The van der Waals surface area contributed by atoms with Crippen molar-refractivity contribution in [3.05, 3.63) is 68.5 Å². The molecule has 0 heterocycles. The Hall–Kier alpha value is -2.65. The smallest absolute Gasteiger partial charge is 0.289 e. The van der Waals surface area contributed by atoms with Crippen LogP contribution in [-0.4, -0.2) is 4.92 Å². The second-order valence-corrected chi connectivity index (χ2v) is 4.61. The zero-order chi connectivity index (χ0) is 15.4. The first-order valence-corrected chi connectivity index (χ1v) is 6.25. The fourth-order valence-electron chi connectivity index (χ4n) is 1.74. The summed E-state index contributed by atoms with van der Waals surface area (Å²) in [6, 6.07) is 10.3. The summed E-state index contributed by atoms with van der Waals surface area (Å²) in [6.45, 7) is 0.322. The maximum Gasteiger partial charge on any atom is 0.289 e. The summed E-state index contributed by atoms with van der Waals surface area (Å²) in [6.07, 6.45) is 0. The van der Waals surface area contributed by atoms with Crippen molar-refractivity contribution in [3.8, 4) is 6.07 Å². The van der Waals surface area contributed by atoms with E-state index in [0.29, 0.717) is 12.2 Å². The van der Waals surface area contributed by atoms with Gasteiger partial charge >= 0.3 is 0 Å². The number of nitrogens with one attached hydrogen (secondary N) is 1. The molecule has 2 aromatic carbocycles. The molecule has 5 nitrogen and oxygen atoms in total. The molecule has 0 aliphatic heterocycles. The van der Waals surface area contributed by atoms with Crippen molar-refractivity contribution in [2.24, 2.45) is 0 Å². The van der Waals surface area contributed by atoms with Gasteiger partial charge in [-0.15, -0.1) is 0 Å². The highest BCUT2D eigenvalue weighted by molar-refractivity contribution is 6.30. The van der Waals surface area contributed by atoms with Crippen molar-refractivity contribution < 1.29 is 9.31 Å². The lowest BCUT2D eigenvalue weighted by molar-refractivity contribution is -0.385. The predicted octanol–water partition coefficient (Wildman–Crippen LogP) is 3.87. The number of anilines is 1. The Morgan fingerprint density at radius 3 is 2.71 bits per heavy atom. The monoisotopic (exact) mass is 305 g/mol. The van der Waals surface area contributed by atoms with E-state index in [1.165, 1.54) is 24.3 Å². The van der Waals surface area contributed by atoms with E-state index in [1.807, 2.05) is 0 Å². The molecule has 0 bridgehead atoms. The van der Waals surface area contributed by atoms with E-state index in [2.05, 4.69) is 5.32 Å². The molecule has 1 N–H and O–H groups in total. The van der Waals surface area contributed by atoms with Gasteiger partial charge in [0.05, 0.1) is 9.95 Å². The van der Waals surface area contributed by atoms with E-state index in [1.54, 1.807) is 18.2 Å². The topological polar surface area (TPSA) is 79.0 Å². The lowest BCUT2D eigenvalue weighted by Crippen LogP contribution is -2.01. The second-order valence-electron chi connectivity index (χ2n) is 4.20. The number of halogens is 2. The highest BCUT2D eigenvalue weighted by Crippen LogP contribution is 2.23. The van der Waals surface area contributed by atoms with Crippen LogP contribution < -0.4 is 5.32 Å². The van der Waals surface area contributed by atoms with Crippen LogP contribution in [0.5, 0.6) is 0 Å². The molecule has 106 valence electrons. The van der Waals surface area contributed by atoms with Crippen LogP contribution in [-0.2, 0) is 6.54 Å². The lowest BCUT2D eigenvalue weighted by Gasteiger charge is -2.07. The first-order valence-electron chi connectivity index (χ1n) is 5.87. The molecule has 0 saturated heterocycles.